The highest BCUT2D eigenvalue weighted by molar-refractivity contribution is 14.0. The molecule has 0 aliphatic carbocycles. The second-order valence-corrected chi connectivity index (χ2v) is 8.98. The molecular weight excluding hydrogens is 522 g/mol. The Morgan fingerprint density at radius 1 is 1.20 bits per heavy atom. The summed E-state index contributed by atoms with van der Waals surface area (Å²) in [6.07, 6.45) is 4.00. The van der Waals surface area contributed by atoms with E-state index in [2.05, 4.69) is 20.5 Å². The fraction of sp³-hybridized carbons (Fsp3) is 0.450. The van der Waals surface area contributed by atoms with Gasteiger partial charge >= 0.3 is 0 Å². The molecule has 0 radical (unpaired) electrons. The van der Waals surface area contributed by atoms with E-state index in [1.165, 1.54) is 18.2 Å². The SMILES string of the molecule is CN=C(NCCS(=O)(=O)c1ccccc1F)NCC(c1ccco1)N1CCCC1.I. The Kier molecular flexibility index (Phi) is 9.56. The number of hydrogen-bond acceptors (Lipinski definition) is 5. The van der Waals surface area contributed by atoms with Gasteiger partial charge in [0, 0.05) is 20.1 Å². The van der Waals surface area contributed by atoms with E-state index >= 15 is 0 Å². The molecule has 1 aromatic carbocycles. The average molecular weight is 550 g/mol. The number of likely N-dealkylation sites (tertiary alicyclic amines) is 1. The van der Waals surface area contributed by atoms with Gasteiger partial charge in [0.25, 0.3) is 0 Å². The zero-order valence-electron chi connectivity index (χ0n) is 16.9. The van der Waals surface area contributed by atoms with Gasteiger partial charge in [0.1, 0.15) is 16.5 Å². The molecule has 1 saturated heterocycles. The van der Waals surface area contributed by atoms with Gasteiger partial charge in [-0.25, -0.2) is 12.8 Å². The third kappa shape index (κ3) is 6.42. The summed E-state index contributed by atoms with van der Waals surface area (Å²) in [5.74, 6) is 0.408. The molecule has 30 heavy (non-hydrogen) atoms. The number of hydrogen-bond donors (Lipinski definition) is 2. The van der Waals surface area contributed by atoms with Crippen molar-refractivity contribution in [2.45, 2.75) is 23.8 Å². The lowest BCUT2D eigenvalue weighted by molar-refractivity contribution is 0.215. The number of halogens is 2. The Morgan fingerprint density at radius 3 is 2.57 bits per heavy atom. The molecule has 0 spiro atoms. The summed E-state index contributed by atoms with van der Waals surface area (Å²) >= 11 is 0. The number of nitrogens with one attached hydrogen (secondary N) is 2. The van der Waals surface area contributed by atoms with Crippen LogP contribution in [0.4, 0.5) is 4.39 Å². The molecule has 10 heteroatoms. The maximum atomic E-state index is 13.8. The average Bonchev–Trinajstić information content (AvgIpc) is 3.41. The van der Waals surface area contributed by atoms with Crippen LogP contribution in [0.3, 0.4) is 0 Å². The first-order chi connectivity index (χ1) is 14.0. The zero-order chi connectivity index (χ0) is 20.7. The van der Waals surface area contributed by atoms with Gasteiger partial charge in [0.15, 0.2) is 15.8 Å². The summed E-state index contributed by atoms with van der Waals surface area (Å²) in [5, 5.41) is 6.23. The Morgan fingerprint density at radius 2 is 1.93 bits per heavy atom. The van der Waals surface area contributed by atoms with Gasteiger partial charge in [-0.3, -0.25) is 9.89 Å². The van der Waals surface area contributed by atoms with Crippen molar-refractivity contribution in [3.63, 3.8) is 0 Å². The van der Waals surface area contributed by atoms with Crippen LogP contribution in [0.2, 0.25) is 0 Å². The van der Waals surface area contributed by atoms with Crippen LogP contribution in [-0.2, 0) is 9.84 Å². The molecule has 1 aliphatic heterocycles. The van der Waals surface area contributed by atoms with Crippen LogP contribution in [0.5, 0.6) is 0 Å². The number of sulfone groups is 1. The number of nitrogens with zero attached hydrogens (tertiary/aromatic N) is 2. The number of aliphatic imine (C=N–C) groups is 1. The third-order valence-corrected chi connectivity index (χ3v) is 6.72. The highest BCUT2D eigenvalue weighted by Crippen LogP contribution is 2.24. The van der Waals surface area contributed by atoms with Crippen LogP contribution < -0.4 is 10.6 Å². The molecule has 2 aromatic rings. The van der Waals surface area contributed by atoms with Gasteiger partial charge in [0.2, 0.25) is 0 Å². The van der Waals surface area contributed by atoms with Crippen molar-refractivity contribution in [3.8, 4) is 0 Å². The molecule has 7 nitrogen and oxygen atoms in total. The van der Waals surface area contributed by atoms with Crippen molar-refractivity contribution in [2.75, 3.05) is 39.0 Å². The van der Waals surface area contributed by atoms with Crippen LogP contribution in [0.25, 0.3) is 0 Å². The highest BCUT2D eigenvalue weighted by atomic mass is 127. The fourth-order valence-electron chi connectivity index (χ4n) is 3.47. The van der Waals surface area contributed by atoms with Gasteiger partial charge in [-0.05, 0) is 50.2 Å². The molecule has 0 saturated carbocycles. The van der Waals surface area contributed by atoms with Gasteiger partial charge in [0.05, 0.1) is 18.1 Å². The van der Waals surface area contributed by atoms with Crippen molar-refractivity contribution in [1.29, 1.82) is 0 Å². The molecule has 1 aromatic heterocycles. The molecule has 0 amide bonds. The smallest absolute Gasteiger partial charge is 0.191 e. The van der Waals surface area contributed by atoms with E-state index in [0.717, 1.165) is 37.8 Å². The van der Waals surface area contributed by atoms with Crippen LogP contribution in [0, 0.1) is 5.82 Å². The molecule has 1 atom stereocenters. The maximum Gasteiger partial charge on any atom is 0.191 e. The third-order valence-electron chi connectivity index (χ3n) is 4.97. The van der Waals surface area contributed by atoms with Crippen LogP contribution in [0.1, 0.15) is 24.6 Å². The predicted octanol–water partition coefficient (Wildman–Crippen LogP) is 2.81. The van der Waals surface area contributed by atoms with E-state index in [-0.39, 0.29) is 47.2 Å². The summed E-state index contributed by atoms with van der Waals surface area (Å²) in [6.45, 7) is 2.72. The van der Waals surface area contributed by atoms with Crippen molar-refractivity contribution >= 4 is 39.8 Å². The van der Waals surface area contributed by atoms with E-state index in [4.69, 9.17) is 4.42 Å². The summed E-state index contributed by atoms with van der Waals surface area (Å²) in [7, 11) is -2.09. The Balaban J connectivity index is 0.00000320. The Hall–Kier alpha value is -1.66. The molecule has 3 rings (SSSR count). The lowest BCUT2D eigenvalue weighted by Gasteiger charge is -2.26. The van der Waals surface area contributed by atoms with Gasteiger partial charge in [-0.15, -0.1) is 24.0 Å². The largest absolute Gasteiger partial charge is 0.468 e. The van der Waals surface area contributed by atoms with E-state index < -0.39 is 15.7 Å². The van der Waals surface area contributed by atoms with Gasteiger partial charge < -0.3 is 15.1 Å². The second-order valence-electron chi connectivity index (χ2n) is 6.90. The number of furan rings is 1. The highest BCUT2D eigenvalue weighted by Gasteiger charge is 2.25. The molecule has 166 valence electrons. The van der Waals surface area contributed by atoms with Crippen LogP contribution in [-0.4, -0.2) is 58.3 Å². The maximum absolute atomic E-state index is 13.8. The molecule has 1 aliphatic rings. The van der Waals surface area contributed by atoms with E-state index in [1.54, 1.807) is 13.3 Å². The number of guanidine groups is 1. The minimum atomic E-state index is -3.72. The first-order valence-electron chi connectivity index (χ1n) is 9.70. The summed E-state index contributed by atoms with van der Waals surface area (Å²) in [4.78, 5) is 6.24. The molecule has 1 unspecified atom stereocenters. The minimum Gasteiger partial charge on any atom is -0.468 e. The van der Waals surface area contributed by atoms with Crippen molar-refractivity contribution in [1.82, 2.24) is 15.5 Å². The standard InChI is InChI=1S/C20H27FN4O3S.HI/c1-22-20(23-10-14-29(26,27)19-9-3-2-7-16(19)21)24-15-17(18-8-6-13-28-18)25-11-4-5-12-25;/h2-3,6-9,13,17H,4-5,10-12,14-15H2,1H3,(H2,22,23,24);1H. The topological polar surface area (TPSA) is 86.9 Å². The first kappa shape index (κ1) is 24.6. The number of benzene rings is 1. The monoisotopic (exact) mass is 550 g/mol. The van der Waals surface area contributed by atoms with Gasteiger partial charge in [-0.2, -0.15) is 0 Å². The summed E-state index contributed by atoms with van der Waals surface area (Å²) < 4.78 is 44.1. The lowest BCUT2D eigenvalue weighted by Crippen LogP contribution is -2.43. The molecular formula is C20H28FIN4O3S. The number of rotatable bonds is 8. The predicted molar refractivity (Wildman–Crippen MR) is 125 cm³/mol. The van der Waals surface area contributed by atoms with Gasteiger partial charge in [-0.1, -0.05) is 12.1 Å². The summed E-state index contributed by atoms with van der Waals surface area (Å²) in [5.41, 5.74) is 0. The van der Waals surface area contributed by atoms with Crippen LogP contribution in [0.15, 0.2) is 57.0 Å². The minimum absolute atomic E-state index is 0. The molecule has 2 N–H and O–H groups in total. The quantitative estimate of drug-likeness (QED) is 0.299. The van der Waals surface area contributed by atoms with E-state index in [0.29, 0.717) is 12.5 Å². The molecule has 2 heterocycles. The zero-order valence-corrected chi connectivity index (χ0v) is 20.0. The fourth-order valence-corrected chi connectivity index (χ4v) is 4.71. The lowest BCUT2D eigenvalue weighted by atomic mass is 10.2. The van der Waals surface area contributed by atoms with Crippen LogP contribution >= 0.6 is 24.0 Å². The van der Waals surface area contributed by atoms with Crippen molar-refractivity contribution in [2.24, 2.45) is 4.99 Å². The second kappa shape index (κ2) is 11.7. The summed E-state index contributed by atoms with van der Waals surface area (Å²) in [6, 6.07) is 9.31. The Labute approximate surface area is 194 Å². The van der Waals surface area contributed by atoms with Crippen molar-refractivity contribution in [3.05, 3.63) is 54.2 Å². The first-order valence-corrected chi connectivity index (χ1v) is 11.4. The van der Waals surface area contributed by atoms with Crippen molar-refractivity contribution < 1.29 is 17.2 Å². The van der Waals surface area contributed by atoms with E-state index in [1.807, 2.05) is 12.1 Å². The normalized spacial score (nSPS) is 16.1. The Bertz CT molecular complexity index is 916. The molecule has 0 bridgehead atoms. The molecule has 1 fully saturated rings. The van der Waals surface area contributed by atoms with E-state index in [9.17, 15) is 12.8 Å².